The van der Waals surface area contributed by atoms with Crippen LogP contribution in [0.25, 0.3) is 10.2 Å². The molecule has 0 saturated carbocycles. The maximum atomic E-state index is 13.4. The fraction of sp³-hybridized carbons (Fsp3) is 0.333. The number of para-hydroxylation sites is 1. The van der Waals surface area contributed by atoms with Gasteiger partial charge >= 0.3 is 0 Å². The molecule has 0 atom stereocenters. The second kappa shape index (κ2) is 7.27. The Hall–Kier alpha value is -2.47. The van der Waals surface area contributed by atoms with E-state index in [0.717, 1.165) is 23.7 Å². The number of carbonyl (C=O) groups excluding carboxylic acids is 1. The molecule has 3 aromatic rings. The SMILES string of the molecule is CC(C)c1cccc2sc(N3CCN(C(=O)c4cccc(F)c4)CC3)nc12. The van der Waals surface area contributed by atoms with Crippen molar-refractivity contribution in [3.8, 4) is 0 Å². The highest BCUT2D eigenvalue weighted by Gasteiger charge is 2.24. The summed E-state index contributed by atoms with van der Waals surface area (Å²) in [6.07, 6.45) is 0. The monoisotopic (exact) mass is 383 g/mol. The summed E-state index contributed by atoms with van der Waals surface area (Å²) in [5.41, 5.74) is 2.77. The molecule has 0 N–H and O–H groups in total. The fourth-order valence-corrected chi connectivity index (χ4v) is 4.52. The number of nitrogens with zero attached hydrogens (tertiary/aromatic N) is 3. The zero-order valence-electron chi connectivity index (χ0n) is 15.5. The third-order valence-corrected chi connectivity index (χ3v) is 6.05. The molecule has 2 aromatic carbocycles. The normalized spacial score (nSPS) is 15.0. The van der Waals surface area contributed by atoms with Gasteiger partial charge in [0.15, 0.2) is 5.13 Å². The van der Waals surface area contributed by atoms with E-state index < -0.39 is 0 Å². The van der Waals surface area contributed by atoms with Gasteiger partial charge in [0.25, 0.3) is 5.91 Å². The zero-order valence-corrected chi connectivity index (χ0v) is 16.3. The number of carbonyl (C=O) groups is 1. The van der Waals surface area contributed by atoms with Gasteiger partial charge in [-0.1, -0.05) is 43.4 Å². The van der Waals surface area contributed by atoms with Crippen molar-refractivity contribution in [3.05, 3.63) is 59.4 Å². The van der Waals surface area contributed by atoms with Gasteiger partial charge in [-0.2, -0.15) is 0 Å². The largest absolute Gasteiger partial charge is 0.345 e. The molecule has 0 radical (unpaired) electrons. The number of benzene rings is 2. The third kappa shape index (κ3) is 3.54. The number of amides is 1. The Morgan fingerprint density at radius 3 is 2.56 bits per heavy atom. The Morgan fingerprint density at radius 1 is 1.11 bits per heavy atom. The Morgan fingerprint density at radius 2 is 1.85 bits per heavy atom. The van der Waals surface area contributed by atoms with Crippen LogP contribution < -0.4 is 4.90 Å². The van der Waals surface area contributed by atoms with Crippen LogP contribution in [-0.2, 0) is 0 Å². The Labute approximate surface area is 162 Å². The average Bonchev–Trinajstić information content (AvgIpc) is 3.11. The van der Waals surface area contributed by atoms with Crippen molar-refractivity contribution < 1.29 is 9.18 Å². The first-order valence-corrected chi connectivity index (χ1v) is 10.0. The minimum absolute atomic E-state index is 0.111. The predicted molar refractivity (Wildman–Crippen MR) is 108 cm³/mol. The lowest BCUT2D eigenvalue weighted by Gasteiger charge is -2.34. The number of rotatable bonds is 3. The molecule has 0 aliphatic carbocycles. The summed E-state index contributed by atoms with van der Waals surface area (Å²) in [7, 11) is 0. The van der Waals surface area contributed by atoms with Crippen molar-refractivity contribution in [2.75, 3.05) is 31.1 Å². The van der Waals surface area contributed by atoms with E-state index in [1.807, 2.05) is 0 Å². The summed E-state index contributed by atoms with van der Waals surface area (Å²) in [4.78, 5) is 21.5. The molecular weight excluding hydrogens is 361 g/mol. The molecule has 1 aromatic heterocycles. The Kier molecular flexibility index (Phi) is 4.83. The van der Waals surface area contributed by atoms with Crippen LogP contribution in [0.3, 0.4) is 0 Å². The summed E-state index contributed by atoms with van der Waals surface area (Å²) >= 11 is 1.71. The summed E-state index contributed by atoms with van der Waals surface area (Å²) < 4.78 is 14.6. The van der Waals surface area contributed by atoms with Gasteiger partial charge in [0, 0.05) is 31.7 Å². The van der Waals surface area contributed by atoms with E-state index in [0.29, 0.717) is 24.6 Å². The van der Waals surface area contributed by atoms with E-state index in [-0.39, 0.29) is 11.7 Å². The van der Waals surface area contributed by atoms with Gasteiger partial charge in [-0.3, -0.25) is 4.79 Å². The number of aromatic nitrogens is 1. The molecule has 1 amide bonds. The molecule has 1 saturated heterocycles. The first kappa shape index (κ1) is 17.9. The minimum atomic E-state index is -0.380. The van der Waals surface area contributed by atoms with Crippen molar-refractivity contribution in [2.24, 2.45) is 0 Å². The predicted octanol–water partition coefficient (Wildman–Crippen LogP) is 4.52. The third-order valence-electron chi connectivity index (χ3n) is 4.97. The van der Waals surface area contributed by atoms with Crippen molar-refractivity contribution in [2.45, 2.75) is 19.8 Å². The molecule has 2 heterocycles. The van der Waals surface area contributed by atoms with E-state index in [1.165, 1.54) is 22.4 Å². The van der Waals surface area contributed by atoms with Crippen LogP contribution in [-0.4, -0.2) is 42.0 Å². The molecule has 4 rings (SSSR count). The molecule has 0 spiro atoms. The molecule has 27 heavy (non-hydrogen) atoms. The van der Waals surface area contributed by atoms with Crippen molar-refractivity contribution >= 4 is 32.6 Å². The molecule has 0 bridgehead atoms. The number of halogens is 1. The van der Waals surface area contributed by atoms with Gasteiger partial charge in [0.1, 0.15) is 5.82 Å². The summed E-state index contributed by atoms with van der Waals surface area (Å²) in [6, 6.07) is 12.3. The second-order valence-corrected chi connectivity index (χ2v) is 8.14. The lowest BCUT2D eigenvalue weighted by Crippen LogP contribution is -2.48. The maximum absolute atomic E-state index is 13.4. The number of fused-ring (bicyclic) bond motifs is 1. The zero-order chi connectivity index (χ0) is 19.0. The van der Waals surface area contributed by atoms with Gasteiger partial charge in [-0.25, -0.2) is 9.37 Å². The Balaban J connectivity index is 1.49. The maximum Gasteiger partial charge on any atom is 0.254 e. The van der Waals surface area contributed by atoms with Crippen LogP contribution in [0.5, 0.6) is 0 Å². The van der Waals surface area contributed by atoms with Crippen molar-refractivity contribution in [1.82, 2.24) is 9.88 Å². The lowest BCUT2D eigenvalue weighted by atomic mass is 10.0. The van der Waals surface area contributed by atoms with Crippen molar-refractivity contribution in [3.63, 3.8) is 0 Å². The summed E-state index contributed by atoms with van der Waals surface area (Å²) in [6.45, 7) is 7.07. The Bertz CT molecular complexity index is 976. The molecule has 6 heteroatoms. The standard InChI is InChI=1S/C21H22FN3OS/c1-14(2)17-7-4-8-18-19(17)23-21(27-18)25-11-9-24(10-12-25)20(26)15-5-3-6-16(22)13-15/h3-8,13-14H,9-12H2,1-2H3. The number of hydrogen-bond donors (Lipinski definition) is 0. The number of piperazine rings is 1. The first-order chi connectivity index (χ1) is 13.0. The number of thiazole rings is 1. The average molecular weight is 383 g/mol. The lowest BCUT2D eigenvalue weighted by molar-refractivity contribution is 0.0746. The highest BCUT2D eigenvalue weighted by molar-refractivity contribution is 7.22. The van der Waals surface area contributed by atoms with Gasteiger partial charge in [0.2, 0.25) is 0 Å². The van der Waals surface area contributed by atoms with Gasteiger partial charge < -0.3 is 9.80 Å². The molecule has 1 aliphatic heterocycles. The quantitative estimate of drug-likeness (QED) is 0.667. The van der Waals surface area contributed by atoms with Crippen molar-refractivity contribution in [1.29, 1.82) is 0 Å². The minimum Gasteiger partial charge on any atom is -0.345 e. The van der Waals surface area contributed by atoms with E-state index in [9.17, 15) is 9.18 Å². The molecule has 4 nitrogen and oxygen atoms in total. The molecule has 1 aliphatic rings. The number of anilines is 1. The highest BCUT2D eigenvalue weighted by Crippen LogP contribution is 2.33. The van der Waals surface area contributed by atoms with Crippen LogP contribution in [0.2, 0.25) is 0 Å². The van der Waals surface area contributed by atoms with Crippen LogP contribution in [0.1, 0.15) is 35.7 Å². The first-order valence-electron chi connectivity index (χ1n) is 9.22. The molecule has 1 fully saturated rings. The smallest absolute Gasteiger partial charge is 0.254 e. The highest BCUT2D eigenvalue weighted by atomic mass is 32.1. The van der Waals surface area contributed by atoms with Gasteiger partial charge in [0.05, 0.1) is 10.2 Å². The fourth-order valence-electron chi connectivity index (χ4n) is 3.46. The van der Waals surface area contributed by atoms with E-state index in [4.69, 9.17) is 4.98 Å². The van der Waals surface area contributed by atoms with Crippen LogP contribution in [0.15, 0.2) is 42.5 Å². The van der Waals surface area contributed by atoms with E-state index in [2.05, 4.69) is 36.9 Å². The van der Waals surface area contributed by atoms with E-state index in [1.54, 1.807) is 28.4 Å². The molecule has 0 unspecified atom stereocenters. The summed E-state index contributed by atoms with van der Waals surface area (Å²) in [5.74, 6) is -0.0557. The van der Waals surface area contributed by atoms with E-state index >= 15 is 0 Å². The van der Waals surface area contributed by atoms with Crippen LogP contribution >= 0.6 is 11.3 Å². The molecule has 140 valence electrons. The summed E-state index contributed by atoms with van der Waals surface area (Å²) in [5, 5.41) is 1.01. The number of hydrogen-bond acceptors (Lipinski definition) is 4. The van der Waals surface area contributed by atoms with Crippen LogP contribution in [0.4, 0.5) is 9.52 Å². The van der Waals surface area contributed by atoms with Gasteiger partial charge in [-0.15, -0.1) is 0 Å². The topological polar surface area (TPSA) is 36.4 Å². The molecular formula is C21H22FN3OS. The van der Waals surface area contributed by atoms with Gasteiger partial charge in [-0.05, 0) is 35.7 Å². The second-order valence-electron chi connectivity index (χ2n) is 7.13. The van der Waals surface area contributed by atoms with Crippen LogP contribution in [0, 0.1) is 5.82 Å².